The van der Waals surface area contributed by atoms with Crippen LogP contribution < -0.4 is 0 Å². The Morgan fingerprint density at radius 3 is 2.40 bits per heavy atom. The summed E-state index contributed by atoms with van der Waals surface area (Å²) in [5.41, 5.74) is 1.02. The predicted molar refractivity (Wildman–Crippen MR) is 94.1 cm³/mol. The Hall–Kier alpha value is -1.47. The molecule has 138 valence electrons. The van der Waals surface area contributed by atoms with E-state index in [9.17, 15) is 17.6 Å². The summed E-state index contributed by atoms with van der Waals surface area (Å²) in [7, 11) is -1.56. The molecule has 1 aliphatic heterocycles. The Morgan fingerprint density at radius 2 is 1.84 bits per heavy atom. The summed E-state index contributed by atoms with van der Waals surface area (Å²) in [4.78, 5) is 14.5. The first-order valence-electron chi connectivity index (χ1n) is 8.83. The van der Waals surface area contributed by atoms with Crippen molar-refractivity contribution in [2.24, 2.45) is 5.92 Å². The molecule has 2 aliphatic rings. The van der Waals surface area contributed by atoms with E-state index in [0.717, 1.165) is 12.0 Å². The van der Waals surface area contributed by atoms with Crippen LogP contribution >= 0.6 is 0 Å². The van der Waals surface area contributed by atoms with Crippen molar-refractivity contribution < 1.29 is 17.6 Å². The van der Waals surface area contributed by atoms with E-state index in [4.69, 9.17) is 0 Å². The summed E-state index contributed by atoms with van der Waals surface area (Å²) in [5.74, 6) is 0.159. The van der Waals surface area contributed by atoms with Crippen LogP contribution in [0.5, 0.6) is 0 Å². The molecular formula is C18H25FN2O3S. The van der Waals surface area contributed by atoms with Crippen LogP contribution in [0.3, 0.4) is 0 Å². The normalized spacial score (nSPS) is 24.6. The quantitative estimate of drug-likeness (QED) is 0.801. The highest BCUT2D eigenvalue weighted by molar-refractivity contribution is 7.89. The maximum atomic E-state index is 13.0. The fourth-order valence-electron chi connectivity index (χ4n) is 3.66. The number of rotatable bonds is 5. The lowest BCUT2D eigenvalue weighted by atomic mass is 10.0. The van der Waals surface area contributed by atoms with E-state index in [1.165, 1.54) is 16.4 Å². The Morgan fingerprint density at radius 1 is 1.24 bits per heavy atom. The first kappa shape index (κ1) is 18.3. The third kappa shape index (κ3) is 3.87. The summed E-state index contributed by atoms with van der Waals surface area (Å²) in [6.07, 6.45) is 2.17. The van der Waals surface area contributed by atoms with Gasteiger partial charge in [-0.25, -0.2) is 17.1 Å². The topological polar surface area (TPSA) is 57.7 Å². The van der Waals surface area contributed by atoms with E-state index in [2.05, 4.69) is 0 Å². The van der Waals surface area contributed by atoms with Gasteiger partial charge in [0.1, 0.15) is 5.82 Å². The van der Waals surface area contributed by atoms with E-state index in [0.29, 0.717) is 25.9 Å². The zero-order chi connectivity index (χ0) is 18.2. The molecule has 0 N–H and O–H groups in total. The second-order valence-corrected chi connectivity index (χ2v) is 9.29. The number of sulfonamides is 1. The average molecular weight is 368 g/mol. The van der Waals surface area contributed by atoms with Crippen LogP contribution in [0.2, 0.25) is 0 Å². The van der Waals surface area contributed by atoms with Gasteiger partial charge in [-0.1, -0.05) is 12.1 Å². The molecule has 2 fully saturated rings. The van der Waals surface area contributed by atoms with Crippen molar-refractivity contribution in [1.82, 2.24) is 9.21 Å². The molecule has 0 radical (unpaired) electrons. The number of hydrogen-bond acceptors (Lipinski definition) is 3. The highest BCUT2D eigenvalue weighted by atomic mass is 32.2. The molecular weight excluding hydrogens is 343 g/mol. The lowest BCUT2D eigenvalue weighted by molar-refractivity contribution is -0.134. The fourth-order valence-corrected chi connectivity index (χ4v) is 4.73. The fraction of sp³-hybridized carbons (Fsp3) is 0.611. The minimum atomic E-state index is -3.19. The van der Waals surface area contributed by atoms with Crippen molar-refractivity contribution in [3.63, 3.8) is 0 Å². The van der Waals surface area contributed by atoms with Crippen molar-refractivity contribution >= 4 is 15.9 Å². The number of carbonyl (C=O) groups excluding carboxylic acids is 1. The van der Waals surface area contributed by atoms with Gasteiger partial charge in [-0.05, 0) is 49.8 Å². The number of nitrogens with zero attached hydrogens (tertiary/aromatic N) is 2. The van der Waals surface area contributed by atoms with Gasteiger partial charge in [-0.2, -0.15) is 0 Å². The van der Waals surface area contributed by atoms with E-state index >= 15 is 0 Å². The summed E-state index contributed by atoms with van der Waals surface area (Å²) in [6.45, 7) is 2.84. The van der Waals surface area contributed by atoms with Crippen molar-refractivity contribution in [3.05, 3.63) is 35.6 Å². The van der Waals surface area contributed by atoms with Crippen molar-refractivity contribution in [1.29, 1.82) is 0 Å². The van der Waals surface area contributed by atoms with E-state index < -0.39 is 10.0 Å². The molecule has 2 unspecified atom stereocenters. The number of amides is 1. The molecule has 1 aromatic rings. The van der Waals surface area contributed by atoms with Gasteiger partial charge in [-0.3, -0.25) is 4.79 Å². The van der Waals surface area contributed by atoms with Gasteiger partial charge >= 0.3 is 0 Å². The van der Waals surface area contributed by atoms with E-state index in [-0.39, 0.29) is 35.4 Å². The van der Waals surface area contributed by atoms with Gasteiger partial charge in [0.05, 0.1) is 5.75 Å². The first-order valence-corrected chi connectivity index (χ1v) is 10.4. The molecule has 0 aromatic heterocycles. The van der Waals surface area contributed by atoms with Gasteiger partial charge in [0, 0.05) is 32.1 Å². The number of benzene rings is 1. The Labute approximate surface area is 148 Å². The zero-order valence-electron chi connectivity index (χ0n) is 14.7. The molecule has 1 saturated heterocycles. The maximum Gasteiger partial charge on any atom is 0.226 e. The van der Waals surface area contributed by atoms with Crippen LogP contribution in [0.15, 0.2) is 24.3 Å². The smallest absolute Gasteiger partial charge is 0.226 e. The SMILES string of the molecule is CCS(=O)(=O)N(C)C1CCN(C(=O)C2CC2c2ccc(F)cc2)CC1. The Kier molecular flexibility index (Phi) is 5.16. The van der Waals surface area contributed by atoms with Crippen LogP contribution in [-0.2, 0) is 14.8 Å². The Balaban J connectivity index is 1.54. The molecule has 5 nitrogen and oxygen atoms in total. The number of hydrogen-bond donors (Lipinski definition) is 0. The average Bonchev–Trinajstić information content (AvgIpc) is 3.42. The molecule has 0 bridgehead atoms. The van der Waals surface area contributed by atoms with E-state index in [1.54, 1.807) is 26.1 Å². The lowest BCUT2D eigenvalue weighted by Gasteiger charge is -2.36. The molecule has 1 saturated carbocycles. The molecule has 7 heteroatoms. The van der Waals surface area contributed by atoms with Crippen molar-refractivity contribution in [2.75, 3.05) is 25.9 Å². The third-order valence-electron chi connectivity index (χ3n) is 5.50. The molecule has 1 heterocycles. The van der Waals surface area contributed by atoms with Crippen LogP contribution in [-0.4, -0.2) is 55.5 Å². The first-order chi connectivity index (χ1) is 11.8. The van der Waals surface area contributed by atoms with Gasteiger partial charge in [0.25, 0.3) is 0 Å². The van der Waals surface area contributed by atoms with Crippen LogP contribution in [0.25, 0.3) is 0 Å². The standard InChI is InChI=1S/C18H25FN2O3S/c1-3-25(23,24)20(2)15-8-10-21(11-9-15)18(22)17-12-16(17)13-4-6-14(19)7-5-13/h4-7,15-17H,3,8-12H2,1-2H3. The number of carbonyl (C=O) groups is 1. The zero-order valence-corrected chi connectivity index (χ0v) is 15.5. The van der Waals surface area contributed by atoms with Gasteiger partial charge < -0.3 is 4.90 Å². The maximum absolute atomic E-state index is 13.0. The second-order valence-electron chi connectivity index (χ2n) is 6.97. The lowest BCUT2D eigenvalue weighted by Crippen LogP contribution is -2.48. The van der Waals surface area contributed by atoms with E-state index in [1.807, 2.05) is 4.90 Å². The van der Waals surface area contributed by atoms with Gasteiger partial charge in [0.2, 0.25) is 15.9 Å². The number of piperidine rings is 1. The minimum Gasteiger partial charge on any atom is -0.342 e. The van der Waals surface area contributed by atoms with Gasteiger partial charge in [0.15, 0.2) is 0 Å². The number of halogens is 1. The monoisotopic (exact) mass is 368 g/mol. The Bertz CT molecular complexity index is 727. The van der Waals surface area contributed by atoms with Crippen LogP contribution in [0.4, 0.5) is 4.39 Å². The largest absolute Gasteiger partial charge is 0.342 e. The van der Waals surface area contributed by atoms with Crippen molar-refractivity contribution in [2.45, 2.75) is 38.1 Å². The predicted octanol–water partition coefficient (Wildman–Crippen LogP) is 2.20. The molecule has 1 aliphatic carbocycles. The summed E-state index contributed by atoms with van der Waals surface area (Å²) in [5, 5.41) is 0. The summed E-state index contributed by atoms with van der Waals surface area (Å²) < 4.78 is 38.4. The molecule has 2 atom stereocenters. The molecule has 1 aromatic carbocycles. The van der Waals surface area contributed by atoms with Crippen LogP contribution in [0.1, 0.15) is 37.7 Å². The highest BCUT2D eigenvalue weighted by Crippen LogP contribution is 2.48. The highest BCUT2D eigenvalue weighted by Gasteiger charge is 2.46. The van der Waals surface area contributed by atoms with Crippen LogP contribution in [0, 0.1) is 11.7 Å². The molecule has 25 heavy (non-hydrogen) atoms. The molecule has 3 rings (SSSR count). The summed E-state index contributed by atoms with van der Waals surface area (Å²) in [6, 6.07) is 6.35. The van der Waals surface area contributed by atoms with Crippen molar-refractivity contribution in [3.8, 4) is 0 Å². The van der Waals surface area contributed by atoms with Gasteiger partial charge in [-0.15, -0.1) is 0 Å². The minimum absolute atomic E-state index is 0.0147. The second kappa shape index (κ2) is 7.03. The molecule has 0 spiro atoms. The molecule has 1 amide bonds. The number of likely N-dealkylation sites (tertiary alicyclic amines) is 1. The third-order valence-corrected chi connectivity index (χ3v) is 7.41. The summed E-state index contributed by atoms with van der Waals surface area (Å²) >= 11 is 0.